The summed E-state index contributed by atoms with van der Waals surface area (Å²) in [6.07, 6.45) is 0.117. The zero-order chi connectivity index (χ0) is 24.3. The topological polar surface area (TPSA) is 142 Å². The normalized spacial score (nSPS) is 24.1. The van der Waals surface area contributed by atoms with Gasteiger partial charge in [0.1, 0.15) is 17.0 Å². The number of hydrogen-bond acceptors (Lipinski definition) is 7. The maximum atomic E-state index is 13.8. The molecule has 2 atom stereocenters. The van der Waals surface area contributed by atoms with Crippen LogP contribution in [0.4, 0.5) is 0 Å². The highest BCUT2D eigenvalue weighted by Crippen LogP contribution is 2.44. The van der Waals surface area contributed by atoms with Crippen LogP contribution in [0.15, 0.2) is 59.5 Å². The van der Waals surface area contributed by atoms with Gasteiger partial charge in [0.25, 0.3) is 5.91 Å². The highest BCUT2D eigenvalue weighted by Gasteiger charge is 2.56. The van der Waals surface area contributed by atoms with Crippen molar-refractivity contribution in [2.75, 3.05) is 6.54 Å². The number of fused-ring (bicyclic) bond motifs is 2. The van der Waals surface area contributed by atoms with Gasteiger partial charge in [0.05, 0.1) is 23.5 Å². The highest BCUT2D eigenvalue weighted by atomic mass is 32.2. The molecule has 2 aliphatic rings. The van der Waals surface area contributed by atoms with Gasteiger partial charge in [0.15, 0.2) is 0 Å². The molecule has 2 aromatic rings. The summed E-state index contributed by atoms with van der Waals surface area (Å²) in [7, 11) is -4.33. The first-order chi connectivity index (χ1) is 16.2. The monoisotopic (exact) mass is 490 g/mol. The molecule has 0 spiro atoms. The van der Waals surface area contributed by atoms with Gasteiger partial charge in [-0.1, -0.05) is 18.2 Å². The Kier molecular flexibility index (Phi) is 6.89. The van der Waals surface area contributed by atoms with Crippen molar-refractivity contribution in [2.45, 2.75) is 54.7 Å². The molecule has 1 amide bonds. The number of nitrogens with one attached hydrogen (secondary N) is 1. The molecule has 2 saturated heterocycles. The zero-order valence-corrected chi connectivity index (χ0v) is 19.1. The van der Waals surface area contributed by atoms with Crippen molar-refractivity contribution in [3.05, 3.63) is 54.6 Å². The number of nitrogens with zero attached hydrogens (tertiary/aromatic N) is 1. The summed E-state index contributed by atoms with van der Waals surface area (Å²) in [5.74, 6) is -1.11. The van der Waals surface area contributed by atoms with Gasteiger partial charge in [0.2, 0.25) is 10.0 Å². The van der Waals surface area contributed by atoms with Gasteiger partial charge >= 0.3 is 5.97 Å². The number of hydrogen-bond donors (Lipinski definition) is 3. The van der Waals surface area contributed by atoms with Gasteiger partial charge in [-0.2, -0.15) is 4.31 Å². The number of rotatable bonds is 9. The number of ether oxygens (including phenoxy) is 2. The molecule has 2 heterocycles. The molecular weight excluding hydrogens is 464 g/mol. The Hall–Kier alpha value is -2.99. The fourth-order valence-electron chi connectivity index (χ4n) is 4.72. The standard InChI is InChI=1S/C23H26N2O8S/c26-21(27)12-13-25(23(22(28)24-29)14-18-6-7-19(15-23)33-18)34(30,31)20-10-8-17(9-11-20)32-16-4-2-1-3-5-16/h1-5,8-11,18-19,29H,6-7,12-15H2,(H,24,28)(H,26,27). The van der Waals surface area contributed by atoms with E-state index < -0.39 is 40.4 Å². The van der Waals surface area contributed by atoms with Gasteiger partial charge in [-0.05, 0) is 49.2 Å². The van der Waals surface area contributed by atoms with E-state index in [0.717, 1.165) is 4.31 Å². The number of hydroxylamine groups is 1. The van der Waals surface area contributed by atoms with Crippen molar-refractivity contribution in [3.8, 4) is 11.5 Å². The lowest BCUT2D eigenvalue weighted by atomic mass is 9.85. The van der Waals surface area contributed by atoms with Crippen molar-refractivity contribution < 1.29 is 37.8 Å². The second-order valence-electron chi connectivity index (χ2n) is 8.45. The summed E-state index contributed by atoms with van der Waals surface area (Å²) in [5, 5.41) is 18.7. The van der Waals surface area contributed by atoms with Crippen LogP contribution in [-0.2, 0) is 24.3 Å². The lowest BCUT2D eigenvalue weighted by Crippen LogP contribution is -2.64. The summed E-state index contributed by atoms with van der Waals surface area (Å²) in [4.78, 5) is 24.2. The predicted molar refractivity (Wildman–Crippen MR) is 119 cm³/mol. The molecule has 2 aliphatic heterocycles. The van der Waals surface area contributed by atoms with Crippen LogP contribution in [0.2, 0.25) is 0 Å². The molecule has 3 N–H and O–H groups in total. The van der Waals surface area contributed by atoms with Crippen LogP contribution in [0, 0.1) is 0 Å². The number of aliphatic carboxylic acids is 1. The van der Waals surface area contributed by atoms with Crippen LogP contribution in [0.3, 0.4) is 0 Å². The minimum absolute atomic E-state index is 0.0178. The fraction of sp³-hybridized carbons (Fsp3) is 0.391. The van der Waals surface area contributed by atoms with Crippen molar-refractivity contribution >= 4 is 21.9 Å². The summed E-state index contributed by atoms with van der Waals surface area (Å²) in [5.41, 5.74) is -0.0698. The van der Waals surface area contributed by atoms with Gasteiger partial charge in [0, 0.05) is 19.4 Å². The second kappa shape index (κ2) is 9.71. The minimum atomic E-state index is -4.33. The molecule has 0 saturated carbocycles. The first kappa shape index (κ1) is 24.1. The van der Waals surface area contributed by atoms with E-state index in [9.17, 15) is 28.3 Å². The van der Waals surface area contributed by atoms with Crippen molar-refractivity contribution in [1.82, 2.24) is 9.79 Å². The van der Waals surface area contributed by atoms with Crippen molar-refractivity contribution in [3.63, 3.8) is 0 Å². The number of benzene rings is 2. The number of para-hydroxylation sites is 1. The maximum absolute atomic E-state index is 13.8. The number of amides is 1. The Morgan fingerprint density at radius 3 is 2.18 bits per heavy atom. The first-order valence-electron chi connectivity index (χ1n) is 10.9. The third-order valence-corrected chi connectivity index (χ3v) is 8.23. The SMILES string of the molecule is O=C(O)CCN(C1(C(=O)NO)CC2CCC(C1)O2)S(=O)(=O)c1ccc(Oc2ccccc2)cc1. The second-order valence-corrected chi connectivity index (χ2v) is 10.3. The van der Waals surface area contributed by atoms with Gasteiger partial charge in [-0.15, -0.1) is 0 Å². The Labute approximate surface area is 197 Å². The van der Waals surface area contributed by atoms with Crippen molar-refractivity contribution in [2.24, 2.45) is 0 Å². The van der Waals surface area contributed by atoms with E-state index in [1.807, 2.05) is 6.07 Å². The van der Waals surface area contributed by atoms with Crippen LogP contribution in [-0.4, -0.2) is 59.2 Å². The van der Waals surface area contributed by atoms with E-state index >= 15 is 0 Å². The number of sulfonamides is 1. The highest BCUT2D eigenvalue weighted by molar-refractivity contribution is 7.89. The minimum Gasteiger partial charge on any atom is -0.481 e. The average molecular weight is 491 g/mol. The lowest BCUT2D eigenvalue weighted by Gasteiger charge is -2.45. The average Bonchev–Trinajstić information content (AvgIpc) is 3.17. The van der Waals surface area contributed by atoms with Crippen LogP contribution in [0.25, 0.3) is 0 Å². The Morgan fingerprint density at radius 2 is 1.62 bits per heavy atom. The third-order valence-electron chi connectivity index (χ3n) is 6.25. The van der Waals surface area contributed by atoms with Crippen LogP contribution in [0.5, 0.6) is 11.5 Å². The quantitative estimate of drug-likeness (QED) is 0.360. The summed E-state index contributed by atoms with van der Waals surface area (Å²) in [6.45, 7) is -0.438. The van der Waals surface area contributed by atoms with E-state index in [-0.39, 0.29) is 29.9 Å². The third kappa shape index (κ3) is 4.78. The largest absolute Gasteiger partial charge is 0.481 e. The zero-order valence-electron chi connectivity index (χ0n) is 18.3. The summed E-state index contributed by atoms with van der Waals surface area (Å²) >= 11 is 0. The molecule has 0 aromatic heterocycles. The summed E-state index contributed by atoms with van der Waals surface area (Å²) < 4.78 is 40.0. The Bertz CT molecular complexity index is 1130. The van der Waals surface area contributed by atoms with E-state index in [2.05, 4.69) is 0 Å². The van der Waals surface area contributed by atoms with Crippen LogP contribution >= 0.6 is 0 Å². The maximum Gasteiger partial charge on any atom is 0.304 e. The molecule has 11 heteroatoms. The van der Waals surface area contributed by atoms with E-state index in [0.29, 0.717) is 24.3 Å². The van der Waals surface area contributed by atoms with E-state index in [1.54, 1.807) is 29.7 Å². The number of carbonyl (C=O) groups excluding carboxylic acids is 1. The van der Waals surface area contributed by atoms with Gasteiger partial charge < -0.3 is 14.6 Å². The number of carbonyl (C=O) groups is 2. The molecule has 0 radical (unpaired) electrons. The Morgan fingerprint density at radius 1 is 1.03 bits per heavy atom. The predicted octanol–water partition coefficient (Wildman–Crippen LogP) is 2.53. The molecule has 10 nitrogen and oxygen atoms in total. The molecule has 2 unspecified atom stereocenters. The molecule has 34 heavy (non-hydrogen) atoms. The molecule has 0 aliphatic carbocycles. The number of carboxylic acids is 1. The lowest BCUT2D eigenvalue weighted by molar-refractivity contribution is -0.151. The molecule has 4 rings (SSSR count). The smallest absolute Gasteiger partial charge is 0.304 e. The molecular formula is C23H26N2O8S. The molecule has 2 fully saturated rings. The number of carboxylic acid groups (broad SMARTS) is 1. The Balaban J connectivity index is 1.69. The van der Waals surface area contributed by atoms with E-state index in [1.165, 1.54) is 24.3 Å². The van der Waals surface area contributed by atoms with Gasteiger partial charge in [-0.3, -0.25) is 14.8 Å². The van der Waals surface area contributed by atoms with Crippen molar-refractivity contribution in [1.29, 1.82) is 0 Å². The molecule has 182 valence electrons. The van der Waals surface area contributed by atoms with E-state index in [4.69, 9.17) is 9.47 Å². The molecule has 2 aromatic carbocycles. The van der Waals surface area contributed by atoms with Crippen LogP contribution < -0.4 is 10.2 Å². The van der Waals surface area contributed by atoms with Gasteiger partial charge in [-0.25, -0.2) is 13.9 Å². The summed E-state index contributed by atoms with van der Waals surface area (Å²) in [6, 6.07) is 14.6. The fourth-order valence-corrected chi connectivity index (χ4v) is 6.47. The van der Waals surface area contributed by atoms with Crippen LogP contribution in [0.1, 0.15) is 32.1 Å². The first-order valence-corrected chi connectivity index (χ1v) is 12.4. The molecule has 2 bridgehead atoms.